The van der Waals surface area contributed by atoms with Crippen LogP contribution in [0, 0.1) is 5.92 Å². The van der Waals surface area contributed by atoms with E-state index in [9.17, 15) is 5.11 Å². The largest absolute Gasteiger partial charge is 0.393 e. The van der Waals surface area contributed by atoms with Gasteiger partial charge in [-0.1, -0.05) is 23.7 Å². The minimum atomic E-state index is -0.180. The highest BCUT2D eigenvalue weighted by Crippen LogP contribution is 2.49. The van der Waals surface area contributed by atoms with Gasteiger partial charge in [-0.3, -0.25) is 0 Å². The maximum atomic E-state index is 9.35. The van der Waals surface area contributed by atoms with Crippen LogP contribution in [0.4, 0.5) is 0 Å². The van der Waals surface area contributed by atoms with E-state index in [0.717, 1.165) is 11.4 Å². The van der Waals surface area contributed by atoms with E-state index in [4.69, 9.17) is 11.6 Å². The van der Waals surface area contributed by atoms with Crippen molar-refractivity contribution in [3.8, 4) is 0 Å². The third kappa shape index (κ3) is 1.87. The molecule has 13 heavy (non-hydrogen) atoms. The monoisotopic (exact) mass is 196 g/mol. The van der Waals surface area contributed by atoms with Crippen molar-refractivity contribution in [2.45, 2.75) is 25.4 Å². The summed E-state index contributed by atoms with van der Waals surface area (Å²) in [5, 5.41) is 10.1. The second kappa shape index (κ2) is 3.32. The molecule has 1 saturated carbocycles. The van der Waals surface area contributed by atoms with Crippen molar-refractivity contribution in [1.29, 1.82) is 0 Å². The summed E-state index contributed by atoms with van der Waals surface area (Å²) < 4.78 is 0. The third-order valence-electron chi connectivity index (χ3n) is 2.76. The summed E-state index contributed by atoms with van der Waals surface area (Å²) in [5.41, 5.74) is 1.30. The van der Waals surface area contributed by atoms with E-state index in [0.29, 0.717) is 11.8 Å². The van der Waals surface area contributed by atoms with Gasteiger partial charge in [-0.25, -0.2) is 0 Å². The first-order valence-electron chi connectivity index (χ1n) is 4.62. The normalized spacial score (nSPS) is 28.5. The molecular formula is C11H13ClO. The summed E-state index contributed by atoms with van der Waals surface area (Å²) in [6.45, 7) is 1.86. The molecule has 0 aromatic heterocycles. The zero-order chi connectivity index (χ0) is 9.42. The zero-order valence-corrected chi connectivity index (χ0v) is 8.33. The second-order valence-corrected chi connectivity index (χ2v) is 4.23. The van der Waals surface area contributed by atoms with Crippen molar-refractivity contribution in [2.75, 3.05) is 0 Å². The number of hydrogen-bond acceptors (Lipinski definition) is 1. The Kier molecular flexibility index (Phi) is 2.31. The highest BCUT2D eigenvalue weighted by atomic mass is 35.5. The minimum Gasteiger partial charge on any atom is -0.393 e. The SMILES string of the molecule is CC(O)C1CC1c1ccc(Cl)cc1. The Hall–Kier alpha value is -0.530. The van der Waals surface area contributed by atoms with Crippen molar-refractivity contribution in [3.63, 3.8) is 0 Å². The van der Waals surface area contributed by atoms with Gasteiger partial charge in [-0.15, -0.1) is 0 Å². The number of benzene rings is 1. The average molecular weight is 197 g/mol. The Labute approximate surface area is 83.3 Å². The predicted octanol–water partition coefficient (Wildman–Crippen LogP) is 2.82. The molecule has 0 amide bonds. The van der Waals surface area contributed by atoms with Crippen LogP contribution in [-0.2, 0) is 0 Å². The molecule has 0 bridgehead atoms. The van der Waals surface area contributed by atoms with E-state index in [2.05, 4.69) is 12.1 Å². The maximum Gasteiger partial charge on any atom is 0.0546 e. The molecule has 3 unspecified atom stereocenters. The first-order chi connectivity index (χ1) is 6.18. The molecule has 2 heteroatoms. The molecule has 2 rings (SSSR count). The Morgan fingerprint density at radius 1 is 1.38 bits per heavy atom. The molecule has 1 fully saturated rings. The van der Waals surface area contributed by atoms with Gasteiger partial charge >= 0.3 is 0 Å². The van der Waals surface area contributed by atoms with Gasteiger partial charge in [0.15, 0.2) is 0 Å². The molecule has 1 aliphatic carbocycles. The molecule has 3 atom stereocenters. The first-order valence-corrected chi connectivity index (χ1v) is 5.00. The van der Waals surface area contributed by atoms with Crippen LogP contribution in [0.2, 0.25) is 5.02 Å². The third-order valence-corrected chi connectivity index (χ3v) is 3.01. The van der Waals surface area contributed by atoms with Crippen LogP contribution in [0.15, 0.2) is 24.3 Å². The van der Waals surface area contributed by atoms with Crippen LogP contribution in [-0.4, -0.2) is 11.2 Å². The average Bonchev–Trinajstić information content (AvgIpc) is 2.85. The molecule has 0 heterocycles. The highest BCUT2D eigenvalue weighted by molar-refractivity contribution is 6.30. The quantitative estimate of drug-likeness (QED) is 0.772. The van der Waals surface area contributed by atoms with Crippen LogP contribution < -0.4 is 0 Å². The Bertz CT molecular complexity index is 291. The summed E-state index contributed by atoms with van der Waals surface area (Å²) >= 11 is 5.79. The minimum absolute atomic E-state index is 0.180. The van der Waals surface area contributed by atoms with Crippen LogP contribution in [0.1, 0.15) is 24.8 Å². The number of aliphatic hydroxyl groups excluding tert-OH is 1. The number of aliphatic hydroxyl groups is 1. The lowest BCUT2D eigenvalue weighted by molar-refractivity contribution is 0.169. The lowest BCUT2D eigenvalue weighted by atomic mass is 10.1. The van der Waals surface area contributed by atoms with Gasteiger partial charge in [0.2, 0.25) is 0 Å². The fraction of sp³-hybridized carbons (Fsp3) is 0.455. The fourth-order valence-electron chi connectivity index (χ4n) is 1.84. The Morgan fingerprint density at radius 2 is 2.00 bits per heavy atom. The second-order valence-electron chi connectivity index (χ2n) is 3.80. The summed E-state index contributed by atoms with van der Waals surface area (Å²) in [6.07, 6.45) is 0.930. The Balaban J connectivity index is 2.08. The van der Waals surface area contributed by atoms with E-state index in [-0.39, 0.29) is 6.10 Å². The molecular weight excluding hydrogens is 184 g/mol. The number of halogens is 1. The lowest BCUT2D eigenvalue weighted by Gasteiger charge is -2.02. The van der Waals surface area contributed by atoms with Gasteiger partial charge in [-0.2, -0.15) is 0 Å². The van der Waals surface area contributed by atoms with E-state index >= 15 is 0 Å². The molecule has 0 spiro atoms. The molecule has 0 radical (unpaired) electrons. The van der Waals surface area contributed by atoms with E-state index in [1.165, 1.54) is 5.56 Å². The van der Waals surface area contributed by atoms with Crippen molar-refractivity contribution in [1.82, 2.24) is 0 Å². The van der Waals surface area contributed by atoms with Gasteiger partial charge in [0.25, 0.3) is 0 Å². The molecule has 1 aliphatic rings. The van der Waals surface area contributed by atoms with Crippen LogP contribution in [0.3, 0.4) is 0 Å². The van der Waals surface area contributed by atoms with E-state index < -0.39 is 0 Å². The van der Waals surface area contributed by atoms with Crippen molar-refractivity contribution in [3.05, 3.63) is 34.9 Å². The first kappa shape index (κ1) is 9.04. The molecule has 1 aromatic rings. The van der Waals surface area contributed by atoms with Gasteiger partial charge in [0.05, 0.1) is 6.10 Å². The predicted molar refractivity (Wildman–Crippen MR) is 54.0 cm³/mol. The topological polar surface area (TPSA) is 20.2 Å². The highest BCUT2D eigenvalue weighted by Gasteiger charge is 2.41. The van der Waals surface area contributed by atoms with Crippen molar-refractivity contribution >= 4 is 11.6 Å². The summed E-state index contributed by atoms with van der Waals surface area (Å²) in [5.74, 6) is 1.01. The van der Waals surface area contributed by atoms with Gasteiger partial charge in [0, 0.05) is 5.02 Å². The number of hydrogen-bond donors (Lipinski definition) is 1. The smallest absolute Gasteiger partial charge is 0.0546 e. The molecule has 1 nitrogen and oxygen atoms in total. The van der Waals surface area contributed by atoms with Crippen LogP contribution in [0.25, 0.3) is 0 Å². The summed E-state index contributed by atoms with van der Waals surface area (Å²) in [6, 6.07) is 7.92. The van der Waals surface area contributed by atoms with E-state index in [1.54, 1.807) is 0 Å². The van der Waals surface area contributed by atoms with Crippen LogP contribution in [0.5, 0.6) is 0 Å². The molecule has 0 saturated heterocycles. The Morgan fingerprint density at radius 3 is 2.46 bits per heavy atom. The molecule has 1 aromatic carbocycles. The molecule has 0 aliphatic heterocycles. The molecule has 70 valence electrons. The lowest BCUT2D eigenvalue weighted by Crippen LogP contribution is -2.03. The van der Waals surface area contributed by atoms with Gasteiger partial charge < -0.3 is 5.11 Å². The number of rotatable bonds is 2. The van der Waals surface area contributed by atoms with Crippen LogP contribution >= 0.6 is 11.6 Å². The molecule has 1 N–H and O–H groups in total. The fourth-order valence-corrected chi connectivity index (χ4v) is 1.97. The maximum absolute atomic E-state index is 9.35. The van der Waals surface area contributed by atoms with Gasteiger partial charge in [-0.05, 0) is 42.9 Å². The van der Waals surface area contributed by atoms with Crippen molar-refractivity contribution in [2.24, 2.45) is 5.92 Å². The zero-order valence-electron chi connectivity index (χ0n) is 7.57. The van der Waals surface area contributed by atoms with Gasteiger partial charge in [0.1, 0.15) is 0 Å². The summed E-state index contributed by atoms with van der Waals surface area (Å²) in [4.78, 5) is 0. The van der Waals surface area contributed by atoms with E-state index in [1.807, 2.05) is 19.1 Å². The van der Waals surface area contributed by atoms with Crippen molar-refractivity contribution < 1.29 is 5.11 Å². The standard InChI is InChI=1S/C11H13ClO/c1-7(13)10-6-11(10)8-2-4-9(12)5-3-8/h2-5,7,10-11,13H,6H2,1H3. The summed E-state index contributed by atoms with van der Waals surface area (Å²) in [7, 11) is 0.